The summed E-state index contributed by atoms with van der Waals surface area (Å²) in [6.45, 7) is 0. The Morgan fingerprint density at radius 1 is 1.41 bits per heavy atom. The van der Waals surface area contributed by atoms with E-state index in [1.165, 1.54) is 7.11 Å². The summed E-state index contributed by atoms with van der Waals surface area (Å²) in [4.78, 5) is 20.4. The number of nitrogens with one attached hydrogen (secondary N) is 1. The van der Waals surface area contributed by atoms with Crippen molar-refractivity contribution in [1.29, 1.82) is 0 Å². The average Bonchev–Trinajstić information content (AvgIpc) is 2.88. The highest BCUT2D eigenvalue weighted by molar-refractivity contribution is 7.85. The first-order valence-electron chi connectivity index (χ1n) is 6.48. The van der Waals surface area contributed by atoms with Crippen LogP contribution in [0.3, 0.4) is 0 Å². The lowest BCUT2D eigenvalue weighted by Gasteiger charge is -2.10. The van der Waals surface area contributed by atoms with E-state index in [9.17, 15) is 9.00 Å². The maximum atomic E-state index is 12.1. The van der Waals surface area contributed by atoms with Crippen LogP contribution in [0.25, 0.3) is 0 Å². The Balaban J connectivity index is 1.98. The summed E-state index contributed by atoms with van der Waals surface area (Å²) in [5, 5.41) is 3.16. The highest BCUT2D eigenvalue weighted by Gasteiger charge is 2.25. The van der Waals surface area contributed by atoms with Crippen LogP contribution in [0.2, 0.25) is 5.28 Å². The molecular weight excluding hydrogens is 326 g/mol. The van der Waals surface area contributed by atoms with Gasteiger partial charge in [0.2, 0.25) is 5.28 Å². The van der Waals surface area contributed by atoms with Gasteiger partial charge in [-0.2, -0.15) is 4.98 Å². The lowest BCUT2D eigenvalue weighted by Crippen LogP contribution is -2.04. The molecule has 114 valence electrons. The molecule has 1 atom stereocenters. The van der Waals surface area contributed by atoms with Crippen molar-refractivity contribution >= 4 is 39.9 Å². The van der Waals surface area contributed by atoms with Gasteiger partial charge in [0.15, 0.2) is 5.82 Å². The van der Waals surface area contributed by atoms with E-state index < -0.39 is 16.8 Å². The molecule has 0 radical (unpaired) electrons. The number of carbonyl (C=O) groups excluding carboxylic acids is 1. The molecule has 0 saturated carbocycles. The summed E-state index contributed by atoms with van der Waals surface area (Å²) in [5.74, 6) is 0.493. The number of anilines is 2. The molecule has 2 aromatic rings. The minimum atomic E-state index is -1.14. The maximum Gasteiger partial charge on any atom is 0.337 e. The number of methoxy groups -OCH3 is 1. The molecule has 1 aromatic carbocycles. The molecule has 0 spiro atoms. The van der Waals surface area contributed by atoms with Crippen molar-refractivity contribution in [3.05, 3.63) is 40.8 Å². The highest BCUT2D eigenvalue weighted by Crippen LogP contribution is 2.30. The third-order valence-electron chi connectivity index (χ3n) is 3.21. The standard InChI is InChI=1S/C14H12ClN3O3S/c1-21-13(19)8-3-2-4-9(7-8)16-12-11-10(5-6-22(11)20)17-14(15)18-12/h2-4,7H,5-6H2,1H3,(H,16,17,18). The number of carbonyl (C=O) groups is 1. The summed E-state index contributed by atoms with van der Waals surface area (Å²) >= 11 is 5.91. The second-order valence-electron chi connectivity index (χ2n) is 4.61. The predicted molar refractivity (Wildman–Crippen MR) is 83.1 cm³/mol. The molecule has 1 aromatic heterocycles. The number of fused-ring (bicyclic) bond motifs is 1. The van der Waals surface area contributed by atoms with Crippen LogP contribution >= 0.6 is 11.6 Å². The Bertz CT molecular complexity index is 782. The van der Waals surface area contributed by atoms with Crippen molar-refractivity contribution in [2.45, 2.75) is 11.3 Å². The van der Waals surface area contributed by atoms with Gasteiger partial charge in [0.25, 0.3) is 0 Å². The number of benzene rings is 1. The number of nitrogens with zero attached hydrogens (tertiary/aromatic N) is 2. The lowest BCUT2D eigenvalue weighted by atomic mass is 10.2. The molecule has 1 aliphatic rings. The fourth-order valence-corrected chi connectivity index (χ4v) is 3.72. The first-order chi connectivity index (χ1) is 10.6. The number of rotatable bonds is 3. The molecule has 0 saturated heterocycles. The number of hydrogen-bond acceptors (Lipinski definition) is 6. The third-order valence-corrected chi connectivity index (χ3v) is 4.84. The first kappa shape index (κ1) is 14.9. The highest BCUT2D eigenvalue weighted by atomic mass is 35.5. The van der Waals surface area contributed by atoms with E-state index >= 15 is 0 Å². The summed E-state index contributed by atoms with van der Waals surface area (Å²) in [5.41, 5.74) is 1.74. The number of ether oxygens (including phenoxy) is 1. The normalized spacial score (nSPS) is 16.2. The van der Waals surface area contributed by atoms with Crippen LogP contribution in [0.5, 0.6) is 0 Å². The van der Waals surface area contributed by atoms with E-state index in [-0.39, 0.29) is 5.28 Å². The van der Waals surface area contributed by atoms with Crippen LogP contribution in [0.4, 0.5) is 11.5 Å². The van der Waals surface area contributed by atoms with Gasteiger partial charge in [-0.1, -0.05) is 6.07 Å². The van der Waals surface area contributed by atoms with Crippen LogP contribution in [-0.4, -0.2) is 33.0 Å². The number of aryl methyl sites for hydroxylation is 1. The fourth-order valence-electron chi connectivity index (χ4n) is 2.23. The fraction of sp³-hybridized carbons (Fsp3) is 0.214. The van der Waals surface area contributed by atoms with Crippen molar-refractivity contribution < 1.29 is 13.7 Å². The summed E-state index contributed by atoms with van der Waals surface area (Å²) in [6.07, 6.45) is 0.612. The van der Waals surface area contributed by atoms with Gasteiger partial charge < -0.3 is 10.1 Å². The SMILES string of the molecule is COC(=O)c1cccc(Nc2nc(Cl)nc3c2S(=O)CC3)c1. The van der Waals surface area contributed by atoms with Gasteiger partial charge in [-0.05, 0) is 29.8 Å². The van der Waals surface area contributed by atoms with Gasteiger partial charge >= 0.3 is 5.97 Å². The smallest absolute Gasteiger partial charge is 0.337 e. The molecule has 1 aliphatic heterocycles. The Kier molecular flexibility index (Phi) is 4.08. The molecule has 3 rings (SSSR count). The van der Waals surface area contributed by atoms with Crippen molar-refractivity contribution in [1.82, 2.24) is 9.97 Å². The van der Waals surface area contributed by atoms with Crippen molar-refractivity contribution in [3.63, 3.8) is 0 Å². The van der Waals surface area contributed by atoms with Crippen molar-refractivity contribution in [3.8, 4) is 0 Å². The molecule has 0 fully saturated rings. The number of hydrogen-bond donors (Lipinski definition) is 1. The zero-order valence-electron chi connectivity index (χ0n) is 11.6. The third kappa shape index (κ3) is 2.82. The van der Waals surface area contributed by atoms with Gasteiger partial charge in [0, 0.05) is 17.9 Å². The molecule has 0 aliphatic carbocycles. The zero-order chi connectivity index (χ0) is 15.7. The van der Waals surface area contributed by atoms with E-state index in [1.807, 2.05) is 0 Å². The van der Waals surface area contributed by atoms with Gasteiger partial charge in [-0.15, -0.1) is 0 Å². The average molecular weight is 338 g/mol. The van der Waals surface area contributed by atoms with E-state index in [2.05, 4.69) is 20.0 Å². The molecular formula is C14H12ClN3O3S. The molecule has 1 N–H and O–H groups in total. The van der Waals surface area contributed by atoms with Crippen molar-refractivity contribution in [2.75, 3.05) is 18.2 Å². The largest absolute Gasteiger partial charge is 0.465 e. The van der Waals surface area contributed by atoms with Crippen LogP contribution in [0.15, 0.2) is 29.2 Å². The number of esters is 1. The van der Waals surface area contributed by atoms with Crippen molar-refractivity contribution in [2.24, 2.45) is 0 Å². The molecule has 0 bridgehead atoms. The number of aromatic nitrogens is 2. The minimum absolute atomic E-state index is 0.101. The Morgan fingerprint density at radius 2 is 2.23 bits per heavy atom. The quantitative estimate of drug-likeness (QED) is 0.684. The van der Waals surface area contributed by atoms with E-state index in [0.29, 0.717) is 39.8 Å². The second kappa shape index (κ2) is 6.02. The zero-order valence-corrected chi connectivity index (χ0v) is 13.2. The van der Waals surface area contributed by atoms with Crippen LogP contribution in [0.1, 0.15) is 16.1 Å². The Labute approximate surface area is 134 Å². The Morgan fingerprint density at radius 3 is 3.00 bits per heavy atom. The summed E-state index contributed by atoms with van der Waals surface area (Å²) in [7, 11) is 0.177. The lowest BCUT2D eigenvalue weighted by molar-refractivity contribution is 0.0601. The van der Waals surface area contributed by atoms with Gasteiger partial charge in [-0.3, -0.25) is 4.21 Å². The summed E-state index contributed by atoms with van der Waals surface area (Å²) in [6, 6.07) is 6.76. The van der Waals surface area contributed by atoms with Gasteiger partial charge in [0.05, 0.1) is 29.2 Å². The van der Waals surface area contributed by atoms with Gasteiger partial charge in [0.1, 0.15) is 4.90 Å². The molecule has 0 amide bonds. The molecule has 2 heterocycles. The minimum Gasteiger partial charge on any atom is -0.465 e. The second-order valence-corrected chi connectivity index (χ2v) is 6.46. The Hall–Kier alpha value is -1.99. The predicted octanol–water partition coefficient (Wildman–Crippen LogP) is 2.32. The molecule has 8 heteroatoms. The molecule has 1 unspecified atom stereocenters. The maximum absolute atomic E-state index is 12.1. The monoisotopic (exact) mass is 337 g/mol. The van der Waals surface area contributed by atoms with E-state index in [0.717, 1.165) is 0 Å². The van der Waals surface area contributed by atoms with Crippen LogP contribution < -0.4 is 5.32 Å². The molecule has 22 heavy (non-hydrogen) atoms. The summed E-state index contributed by atoms with van der Waals surface area (Å²) < 4.78 is 16.8. The van der Waals surface area contributed by atoms with Crippen LogP contribution in [-0.2, 0) is 22.0 Å². The van der Waals surface area contributed by atoms with E-state index in [1.54, 1.807) is 24.3 Å². The van der Waals surface area contributed by atoms with E-state index in [4.69, 9.17) is 11.6 Å². The first-order valence-corrected chi connectivity index (χ1v) is 8.18. The van der Waals surface area contributed by atoms with Crippen LogP contribution in [0, 0.1) is 0 Å². The number of halogens is 1. The topological polar surface area (TPSA) is 81.2 Å². The molecule has 6 nitrogen and oxygen atoms in total. The van der Waals surface area contributed by atoms with Gasteiger partial charge in [-0.25, -0.2) is 9.78 Å².